The predicted molar refractivity (Wildman–Crippen MR) is 80.0 cm³/mol. The fraction of sp³-hybridized carbons (Fsp3) is 0.467. The van der Waals surface area contributed by atoms with Crippen LogP contribution in [0.25, 0.3) is 10.9 Å². The fourth-order valence-corrected chi connectivity index (χ4v) is 2.91. The van der Waals surface area contributed by atoms with Crippen LogP contribution < -0.4 is 5.32 Å². The number of aromatic nitrogens is 1. The number of aliphatic hydroxyl groups excluding tert-OH is 1. The number of fused-ring (bicyclic) bond motifs is 1. The number of H-pyrrole nitrogens is 1. The molecular formula is C15H19ClN2O2. The third kappa shape index (κ3) is 2.69. The Morgan fingerprint density at radius 3 is 2.90 bits per heavy atom. The number of halogens is 1. The van der Waals surface area contributed by atoms with Crippen LogP contribution in [0.1, 0.15) is 18.4 Å². The van der Waals surface area contributed by atoms with Gasteiger partial charge in [0.25, 0.3) is 0 Å². The first-order valence-electron chi connectivity index (χ1n) is 6.92. The molecule has 0 bridgehead atoms. The van der Waals surface area contributed by atoms with E-state index in [-0.39, 0.29) is 12.1 Å². The van der Waals surface area contributed by atoms with E-state index in [2.05, 4.69) is 10.3 Å². The molecule has 1 aromatic carbocycles. The number of nitrogens with one attached hydrogen (secondary N) is 2. The maximum Gasteiger partial charge on any atom is 0.0615 e. The third-order valence-corrected chi connectivity index (χ3v) is 4.37. The Morgan fingerprint density at radius 2 is 2.15 bits per heavy atom. The highest BCUT2D eigenvalue weighted by atomic mass is 35.5. The van der Waals surface area contributed by atoms with Gasteiger partial charge in [0.05, 0.1) is 6.61 Å². The Bertz CT molecular complexity index is 591. The molecule has 2 heterocycles. The van der Waals surface area contributed by atoms with Crippen LogP contribution in [0.5, 0.6) is 0 Å². The van der Waals surface area contributed by atoms with E-state index in [1.165, 1.54) is 10.9 Å². The highest BCUT2D eigenvalue weighted by Gasteiger charge is 2.31. The largest absolute Gasteiger partial charge is 0.394 e. The standard InChI is InChI=1S/C15H19ClN2O2/c16-12-1-2-13-11(8-17-14(13)7-12)9-18-15(10-19)3-5-20-6-4-15/h1-2,7-8,17-19H,3-6,9-10H2. The molecule has 0 aliphatic carbocycles. The number of aromatic amines is 1. The molecule has 1 fully saturated rings. The van der Waals surface area contributed by atoms with E-state index < -0.39 is 0 Å². The highest BCUT2D eigenvalue weighted by molar-refractivity contribution is 6.31. The summed E-state index contributed by atoms with van der Waals surface area (Å²) in [6, 6.07) is 5.86. The van der Waals surface area contributed by atoms with Crippen LogP contribution in [0, 0.1) is 0 Å². The zero-order valence-electron chi connectivity index (χ0n) is 11.3. The summed E-state index contributed by atoms with van der Waals surface area (Å²) in [5.41, 5.74) is 2.02. The molecule has 1 aromatic heterocycles. The Labute approximate surface area is 123 Å². The second-order valence-corrected chi connectivity index (χ2v) is 5.84. The number of hydrogen-bond donors (Lipinski definition) is 3. The van der Waals surface area contributed by atoms with Crippen LogP contribution in [-0.4, -0.2) is 35.5 Å². The summed E-state index contributed by atoms with van der Waals surface area (Å²) < 4.78 is 5.38. The van der Waals surface area contributed by atoms with Crippen molar-refractivity contribution in [1.29, 1.82) is 0 Å². The van der Waals surface area contributed by atoms with Crippen molar-refractivity contribution >= 4 is 22.5 Å². The van der Waals surface area contributed by atoms with Crippen molar-refractivity contribution < 1.29 is 9.84 Å². The first-order chi connectivity index (χ1) is 9.72. The third-order valence-electron chi connectivity index (χ3n) is 4.14. The van der Waals surface area contributed by atoms with Gasteiger partial charge in [0.2, 0.25) is 0 Å². The summed E-state index contributed by atoms with van der Waals surface area (Å²) in [4.78, 5) is 3.24. The molecule has 20 heavy (non-hydrogen) atoms. The van der Waals surface area contributed by atoms with Crippen LogP contribution >= 0.6 is 11.6 Å². The molecule has 1 aliphatic heterocycles. The van der Waals surface area contributed by atoms with Gasteiger partial charge in [-0.2, -0.15) is 0 Å². The normalized spacial score (nSPS) is 18.5. The molecule has 0 unspecified atom stereocenters. The van der Waals surface area contributed by atoms with Gasteiger partial charge in [-0.15, -0.1) is 0 Å². The van der Waals surface area contributed by atoms with Gasteiger partial charge in [-0.1, -0.05) is 17.7 Å². The van der Waals surface area contributed by atoms with Crippen molar-refractivity contribution in [3.05, 3.63) is 35.0 Å². The molecule has 3 N–H and O–H groups in total. The van der Waals surface area contributed by atoms with E-state index >= 15 is 0 Å². The summed E-state index contributed by atoms with van der Waals surface area (Å²) in [5.74, 6) is 0. The maximum atomic E-state index is 9.68. The first kappa shape index (κ1) is 13.9. The summed E-state index contributed by atoms with van der Waals surface area (Å²) in [5, 5.41) is 15.1. The highest BCUT2D eigenvalue weighted by Crippen LogP contribution is 2.24. The quantitative estimate of drug-likeness (QED) is 0.812. The van der Waals surface area contributed by atoms with Crippen molar-refractivity contribution in [3.8, 4) is 0 Å². The number of rotatable bonds is 4. The van der Waals surface area contributed by atoms with E-state index in [0.717, 1.165) is 29.9 Å². The fourth-order valence-electron chi connectivity index (χ4n) is 2.74. The summed E-state index contributed by atoms with van der Waals surface area (Å²) in [7, 11) is 0. The molecule has 108 valence electrons. The van der Waals surface area contributed by atoms with Crippen LogP contribution in [0.3, 0.4) is 0 Å². The molecule has 0 amide bonds. The van der Waals surface area contributed by atoms with Gasteiger partial charge in [-0.25, -0.2) is 0 Å². The van der Waals surface area contributed by atoms with E-state index in [1.54, 1.807) is 0 Å². The van der Waals surface area contributed by atoms with E-state index in [9.17, 15) is 5.11 Å². The molecule has 0 atom stereocenters. The minimum atomic E-state index is -0.214. The van der Waals surface area contributed by atoms with E-state index in [1.807, 2.05) is 24.4 Å². The van der Waals surface area contributed by atoms with Gasteiger partial charge in [0, 0.05) is 47.4 Å². The lowest BCUT2D eigenvalue weighted by Gasteiger charge is -2.36. The smallest absolute Gasteiger partial charge is 0.0615 e. The number of hydrogen-bond acceptors (Lipinski definition) is 3. The average molecular weight is 295 g/mol. The minimum absolute atomic E-state index is 0.143. The summed E-state index contributed by atoms with van der Waals surface area (Å²) >= 11 is 5.99. The van der Waals surface area contributed by atoms with E-state index in [4.69, 9.17) is 16.3 Å². The van der Waals surface area contributed by atoms with Crippen molar-refractivity contribution in [1.82, 2.24) is 10.3 Å². The first-order valence-corrected chi connectivity index (χ1v) is 7.29. The van der Waals surface area contributed by atoms with Crippen LogP contribution in [0.15, 0.2) is 24.4 Å². The molecule has 5 heteroatoms. The molecule has 0 saturated carbocycles. The van der Waals surface area contributed by atoms with Crippen molar-refractivity contribution in [2.45, 2.75) is 24.9 Å². The van der Waals surface area contributed by atoms with Crippen LogP contribution in [-0.2, 0) is 11.3 Å². The molecule has 0 spiro atoms. The molecular weight excluding hydrogens is 276 g/mol. The lowest BCUT2D eigenvalue weighted by molar-refractivity contribution is 0.0112. The zero-order chi connectivity index (χ0) is 14.0. The average Bonchev–Trinajstić information content (AvgIpc) is 2.88. The van der Waals surface area contributed by atoms with Gasteiger partial charge >= 0.3 is 0 Å². The molecule has 2 aromatic rings. The maximum absolute atomic E-state index is 9.68. The van der Waals surface area contributed by atoms with E-state index in [0.29, 0.717) is 13.2 Å². The number of aliphatic hydroxyl groups is 1. The Hall–Kier alpha value is -1.07. The molecule has 0 radical (unpaired) electrons. The molecule has 4 nitrogen and oxygen atoms in total. The predicted octanol–water partition coefficient (Wildman–Crippen LogP) is 2.45. The van der Waals surface area contributed by atoms with Crippen molar-refractivity contribution in [2.24, 2.45) is 0 Å². The summed E-state index contributed by atoms with van der Waals surface area (Å²) in [6.07, 6.45) is 3.69. The van der Waals surface area contributed by atoms with Gasteiger partial charge in [0.15, 0.2) is 0 Å². The minimum Gasteiger partial charge on any atom is -0.394 e. The molecule has 1 aliphatic rings. The number of ether oxygens (including phenoxy) is 1. The second-order valence-electron chi connectivity index (χ2n) is 5.41. The zero-order valence-corrected chi connectivity index (χ0v) is 12.0. The van der Waals surface area contributed by atoms with Gasteiger partial charge < -0.3 is 20.1 Å². The Balaban J connectivity index is 1.76. The Morgan fingerprint density at radius 1 is 1.35 bits per heavy atom. The van der Waals surface area contributed by atoms with Gasteiger partial charge in [-0.05, 0) is 30.5 Å². The SMILES string of the molecule is OCC1(NCc2c[nH]c3cc(Cl)ccc23)CCOCC1. The number of benzene rings is 1. The molecule has 3 rings (SSSR count). The van der Waals surface area contributed by atoms with Crippen LogP contribution in [0.4, 0.5) is 0 Å². The topological polar surface area (TPSA) is 57.3 Å². The monoisotopic (exact) mass is 294 g/mol. The Kier molecular flexibility index (Phi) is 3.98. The summed E-state index contributed by atoms with van der Waals surface area (Å²) in [6.45, 7) is 2.28. The molecule has 1 saturated heterocycles. The lowest BCUT2D eigenvalue weighted by atomic mass is 9.90. The van der Waals surface area contributed by atoms with Gasteiger partial charge in [0.1, 0.15) is 0 Å². The van der Waals surface area contributed by atoms with Gasteiger partial charge in [-0.3, -0.25) is 0 Å². The lowest BCUT2D eigenvalue weighted by Crippen LogP contribution is -2.51. The second kappa shape index (κ2) is 5.74. The van der Waals surface area contributed by atoms with Crippen molar-refractivity contribution in [3.63, 3.8) is 0 Å². The van der Waals surface area contributed by atoms with Crippen LogP contribution in [0.2, 0.25) is 5.02 Å². The van der Waals surface area contributed by atoms with Crippen molar-refractivity contribution in [2.75, 3.05) is 19.8 Å².